The highest BCUT2D eigenvalue weighted by Crippen LogP contribution is 2.43. The van der Waals surface area contributed by atoms with Crippen molar-refractivity contribution in [3.05, 3.63) is 76.9 Å². The van der Waals surface area contributed by atoms with Crippen LogP contribution in [0.15, 0.2) is 70.6 Å². The van der Waals surface area contributed by atoms with E-state index in [-0.39, 0.29) is 22.6 Å². The van der Waals surface area contributed by atoms with Crippen molar-refractivity contribution in [3.63, 3.8) is 0 Å². The zero-order valence-electron chi connectivity index (χ0n) is 17.5. The zero-order valence-corrected chi connectivity index (χ0v) is 17.5. The number of aromatic hydroxyl groups is 3. The van der Waals surface area contributed by atoms with Gasteiger partial charge < -0.3 is 15.3 Å². The molecule has 0 aromatic heterocycles. The normalized spacial score (nSPS) is 17.4. The first-order valence-corrected chi connectivity index (χ1v) is 10.9. The lowest BCUT2D eigenvalue weighted by Crippen LogP contribution is -2.41. The number of hydrogen-bond donors (Lipinski definition) is 3. The van der Waals surface area contributed by atoms with Gasteiger partial charge in [0.05, 0.1) is 21.5 Å². The molecule has 0 saturated carbocycles. The molecule has 4 aromatic rings. The first-order chi connectivity index (χ1) is 15.5. The number of hydrogen-bond acceptors (Lipinski definition) is 6. The molecule has 3 N–H and O–H groups in total. The molecule has 6 nitrogen and oxygen atoms in total. The van der Waals surface area contributed by atoms with Crippen LogP contribution in [0.5, 0.6) is 17.2 Å². The average molecular weight is 425 g/mol. The molecular weight excluding hydrogens is 402 g/mol. The number of piperidine rings is 1. The summed E-state index contributed by atoms with van der Waals surface area (Å²) in [6, 6.07) is 18.9. The Balaban J connectivity index is 1.42. The molecule has 0 unspecified atom stereocenters. The third-order valence-electron chi connectivity index (χ3n) is 6.74. The average Bonchev–Trinajstić information content (AvgIpc) is 3.17. The van der Waals surface area contributed by atoms with Crippen LogP contribution in [0.1, 0.15) is 18.4 Å². The second-order valence-electron chi connectivity index (χ2n) is 8.72. The fraction of sp³-hybridized carbons (Fsp3) is 0.231. The Labute approximate surface area is 184 Å². The second-order valence-corrected chi connectivity index (χ2v) is 8.72. The van der Waals surface area contributed by atoms with E-state index in [4.69, 9.17) is 9.98 Å². The van der Waals surface area contributed by atoms with Crippen molar-refractivity contribution in [1.82, 2.24) is 4.90 Å². The van der Waals surface area contributed by atoms with Crippen molar-refractivity contribution in [3.8, 4) is 17.2 Å². The molecule has 0 bridgehead atoms. The first-order valence-electron chi connectivity index (χ1n) is 10.9. The van der Waals surface area contributed by atoms with E-state index < -0.39 is 5.66 Å². The van der Waals surface area contributed by atoms with E-state index in [9.17, 15) is 15.3 Å². The molecule has 2 aliphatic heterocycles. The van der Waals surface area contributed by atoms with Gasteiger partial charge in [0.1, 0.15) is 17.2 Å². The van der Waals surface area contributed by atoms with E-state index in [0.29, 0.717) is 21.5 Å². The third kappa shape index (κ3) is 2.83. The van der Waals surface area contributed by atoms with Crippen LogP contribution in [-0.4, -0.2) is 39.0 Å². The van der Waals surface area contributed by atoms with Crippen LogP contribution >= 0.6 is 0 Å². The molecule has 1 fully saturated rings. The van der Waals surface area contributed by atoms with Crippen molar-refractivity contribution in [1.29, 1.82) is 0 Å². The Morgan fingerprint density at radius 3 is 2.25 bits per heavy atom. The number of rotatable bonds is 2. The largest absolute Gasteiger partial charge is 0.507 e. The standard InChI is InChI=1S/C26H23N3O3/c30-20-8-4-7-17-21(20)24(31)18-9-10-19-23(22(18)25(17)32)28-26(27-19)11-13-29(14-12-26)15-16-5-2-1-3-6-16/h1-10,30-32H,11-15H2. The van der Waals surface area contributed by atoms with Gasteiger partial charge in [0.2, 0.25) is 0 Å². The molecule has 2 aliphatic rings. The molecule has 0 radical (unpaired) electrons. The molecule has 4 aromatic carbocycles. The molecule has 32 heavy (non-hydrogen) atoms. The van der Waals surface area contributed by atoms with E-state index >= 15 is 0 Å². The van der Waals surface area contributed by atoms with Gasteiger partial charge in [-0.15, -0.1) is 0 Å². The minimum atomic E-state index is -0.528. The molecule has 2 heterocycles. The maximum Gasteiger partial charge on any atom is 0.154 e. The van der Waals surface area contributed by atoms with Gasteiger partial charge in [-0.05, 0) is 23.8 Å². The molecule has 6 rings (SSSR count). The van der Waals surface area contributed by atoms with E-state index in [0.717, 1.165) is 37.8 Å². The lowest BCUT2D eigenvalue weighted by molar-refractivity contribution is 0.160. The van der Waals surface area contributed by atoms with E-state index in [1.165, 1.54) is 11.6 Å². The number of phenols is 3. The molecule has 1 saturated heterocycles. The van der Waals surface area contributed by atoms with E-state index in [1.54, 1.807) is 18.2 Å². The van der Waals surface area contributed by atoms with Gasteiger partial charge in [-0.25, -0.2) is 0 Å². The monoisotopic (exact) mass is 425 g/mol. The number of phenolic OH excluding ortho intramolecular Hbond substituents is 3. The highest BCUT2D eigenvalue weighted by Gasteiger charge is 2.36. The Morgan fingerprint density at radius 2 is 1.47 bits per heavy atom. The van der Waals surface area contributed by atoms with Crippen LogP contribution in [0.4, 0.5) is 0 Å². The van der Waals surface area contributed by atoms with Crippen LogP contribution in [0.25, 0.3) is 21.5 Å². The Bertz CT molecular complexity index is 1490. The second kappa shape index (κ2) is 6.93. The maximum atomic E-state index is 11.1. The molecule has 0 amide bonds. The highest BCUT2D eigenvalue weighted by atomic mass is 16.3. The molecular formula is C26H23N3O3. The minimum absolute atomic E-state index is 0.0121. The summed E-state index contributed by atoms with van der Waals surface area (Å²) >= 11 is 0. The summed E-state index contributed by atoms with van der Waals surface area (Å²) in [5, 5.41) is 35.2. The summed E-state index contributed by atoms with van der Waals surface area (Å²) in [6.07, 6.45) is 1.61. The molecule has 1 spiro atoms. The van der Waals surface area contributed by atoms with Gasteiger partial charge in [-0.1, -0.05) is 42.5 Å². The van der Waals surface area contributed by atoms with Gasteiger partial charge >= 0.3 is 0 Å². The fourth-order valence-corrected chi connectivity index (χ4v) is 5.07. The van der Waals surface area contributed by atoms with Crippen molar-refractivity contribution in [2.24, 2.45) is 9.98 Å². The van der Waals surface area contributed by atoms with Gasteiger partial charge in [0.25, 0.3) is 0 Å². The topological polar surface area (TPSA) is 88.6 Å². The Hall–Kier alpha value is -3.64. The number of likely N-dealkylation sites (tertiary alicyclic amines) is 1. The van der Waals surface area contributed by atoms with Gasteiger partial charge in [-0.2, -0.15) is 0 Å². The molecule has 6 heteroatoms. The van der Waals surface area contributed by atoms with Crippen LogP contribution in [0, 0.1) is 0 Å². The van der Waals surface area contributed by atoms with Gasteiger partial charge in [0, 0.05) is 43.2 Å². The third-order valence-corrected chi connectivity index (χ3v) is 6.74. The van der Waals surface area contributed by atoms with Crippen molar-refractivity contribution in [2.75, 3.05) is 13.1 Å². The predicted octanol–water partition coefficient (Wildman–Crippen LogP) is 3.35. The number of nitrogens with zero attached hydrogens (tertiary/aromatic N) is 3. The minimum Gasteiger partial charge on any atom is -0.507 e. The van der Waals surface area contributed by atoms with Gasteiger partial charge in [0.15, 0.2) is 5.66 Å². The SMILES string of the molecule is Oc1cccc2c(O)c3c4c(ccc3c(O)c12)=NC1(CCN(Cc2ccccc2)CC1)N=4. The van der Waals surface area contributed by atoms with Crippen LogP contribution < -0.4 is 10.7 Å². The summed E-state index contributed by atoms with van der Waals surface area (Å²) in [4.78, 5) is 12.4. The van der Waals surface area contributed by atoms with Gasteiger partial charge in [-0.3, -0.25) is 14.9 Å². The van der Waals surface area contributed by atoms with Crippen LogP contribution in [0.2, 0.25) is 0 Å². The number of benzene rings is 4. The molecule has 0 atom stereocenters. The van der Waals surface area contributed by atoms with Crippen molar-refractivity contribution < 1.29 is 15.3 Å². The quantitative estimate of drug-likeness (QED) is 0.339. The van der Waals surface area contributed by atoms with Crippen molar-refractivity contribution in [2.45, 2.75) is 25.0 Å². The van der Waals surface area contributed by atoms with Crippen LogP contribution in [0.3, 0.4) is 0 Å². The molecule has 160 valence electrons. The highest BCUT2D eigenvalue weighted by molar-refractivity contribution is 6.12. The van der Waals surface area contributed by atoms with E-state index in [2.05, 4.69) is 29.2 Å². The fourth-order valence-electron chi connectivity index (χ4n) is 5.07. The smallest absolute Gasteiger partial charge is 0.154 e. The van der Waals surface area contributed by atoms with E-state index in [1.807, 2.05) is 12.1 Å². The lowest BCUT2D eigenvalue weighted by atomic mass is 9.98. The summed E-state index contributed by atoms with van der Waals surface area (Å²) in [5.41, 5.74) is 0.771. The summed E-state index contributed by atoms with van der Waals surface area (Å²) in [6.45, 7) is 2.70. The Kier molecular flexibility index (Phi) is 4.13. The summed E-state index contributed by atoms with van der Waals surface area (Å²) in [5.74, 6) is -0.109. The summed E-state index contributed by atoms with van der Waals surface area (Å²) in [7, 11) is 0. The predicted molar refractivity (Wildman–Crippen MR) is 122 cm³/mol. The number of fused-ring (bicyclic) bond motifs is 4. The maximum absolute atomic E-state index is 11.1. The Morgan fingerprint density at radius 1 is 0.750 bits per heavy atom. The zero-order chi connectivity index (χ0) is 21.9. The summed E-state index contributed by atoms with van der Waals surface area (Å²) < 4.78 is 0. The first kappa shape index (κ1) is 19.1. The molecule has 0 aliphatic carbocycles. The van der Waals surface area contributed by atoms with Crippen molar-refractivity contribution >= 4 is 21.5 Å². The lowest BCUT2D eigenvalue weighted by Gasteiger charge is -2.35. The van der Waals surface area contributed by atoms with Crippen LogP contribution in [-0.2, 0) is 6.54 Å².